The first-order valence-corrected chi connectivity index (χ1v) is 12.4. The second-order valence-electron chi connectivity index (χ2n) is 9.16. The highest BCUT2D eigenvalue weighted by atomic mass is 16.7. The molecule has 2 aliphatic heterocycles. The Morgan fingerprint density at radius 1 is 0.892 bits per heavy atom. The van der Waals surface area contributed by atoms with Gasteiger partial charge in [0.1, 0.15) is 30.0 Å². The first kappa shape index (κ1) is 24.0. The maximum atomic E-state index is 6.61. The number of fused-ring (bicyclic) bond motifs is 1. The number of ether oxygens (including phenoxy) is 5. The smallest absolute Gasteiger partial charge is 0.184 e. The fraction of sp³-hybridized carbons (Fsp3) is 0.310. The fourth-order valence-electron chi connectivity index (χ4n) is 4.93. The molecule has 2 aliphatic rings. The first-order chi connectivity index (χ1) is 18.3. The summed E-state index contributed by atoms with van der Waals surface area (Å²) in [4.78, 5) is 0. The Kier molecular flexibility index (Phi) is 7.07. The molecular formula is C29H29N3O5. The van der Waals surface area contributed by atoms with Gasteiger partial charge < -0.3 is 23.7 Å². The van der Waals surface area contributed by atoms with Gasteiger partial charge in [0.25, 0.3) is 0 Å². The molecule has 190 valence electrons. The molecule has 2 saturated heterocycles. The lowest BCUT2D eigenvalue weighted by atomic mass is 9.95. The van der Waals surface area contributed by atoms with Crippen molar-refractivity contribution in [1.82, 2.24) is 15.0 Å². The van der Waals surface area contributed by atoms with Crippen LogP contribution in [-0.4, -0.2) is 53.3 Å². The van der Waals surface area contributed by atoms with Crippen molar-refractivity contribution in [3.8, 4) is 11.3 Å². The standard InChI is InChI=1S/C29H29N3O5/c1-33-29-25(32-17-23(30-31-32)21-13-7-3-8-14-21)27(34-18-20-11-5-2-6-12-20)26-24(36-29)19-35-28(37-26)22-15-9-4-10-16-22/h2-17,24-29H,18-19H2,1H3/t24-,25+,26-,27+,28-,29+/m1/s1. The van der Waals surface area contributed by atoms with Gasteiger partial charge in [0, 0.05) is 18.2 Å². The highest BCUT2D eigenvalue weighted by Gasteiger charge is 2.52. The number of nitrogens with zero attached hydrogens (tertiary/aromatic N) is 3. The van der Waals surface area contributed by atoms with Crippen LogP contribution in [0.15, 0.2) is 97.2 Å². The van der Waals surface area contributed by atoms with Crippen LogP contribution in [0.3, 0.4) is 0 Å². The minimum absolute atomic E-state index is 0.356. The molecule has 8 nitrogen and oxygen atoms in total. The molecular weight excluding hydrogens is 470 g/mol. The van der Waals surface area contributed by atoms with Crippen LogP contribution in [-0.2, 0) is 30.3 Å². The molecule has 6 atom stereocenters. The lowest BCUT2D eigenvalue weighted by molar-refractivity contribution is -0.353. The van der Waals surface area contributed by atoms with Gasteiger partial charge in [0.2, 0.25) is 0 Å². The summed E-state index contributed by atoms with van der Waals surface area (Å²) in [6.45, 7) is 0.761. The summed E-state index contributed by atoms with van der Waals surface area (Å²) in [5.41, 5.74) is 3.74. The zero-order valence-electron chi connectivity index (χ0n) is 20.5. The molecule has 8 heteroatoms. The van der Waals surface area contributed by atoms with Gasteiger partial charge in [-0.2, -0.15) is 0 Å². The fourth-order valence-corrected chi connectivity index (χ4v) is 4.93. The van der Waals surface area contributed by atoms with Gasteiger partial charge in [-0.25, -0.2) is 4.68 Å². The van der Waals surface area contributed by atoms with Crippen LogP contribution in [0.4, 0.5) is 0 Å². The topological polar surface area (TPSA) is 76.9 Å². The second kappa shape index (κ2) is 10.9. The third kappa shape index (κ3) is 5.07. The molecule has 3 aromatic carbocycles. The Bertz CT molecular complexity index is 1270. The van der Waals surface area contributed by atoms with E-state index in [0.29, 0.717) is 13.2 Å². The Morgan fingerprint density at radius 2 is 1.59 bits per heavy atom. The summed E-state index contributed by atoms with van der Waals surface area (Å²) in [5, 5.41) is 8.90. The molecule has 0 spiro atoms. The van der Waals surface area contributed by atoms with E-state index < -0.39 is 30.8 Å². The highest BCUT2D eigenvalue weighted by Crippen LogP contribution is 2.40. The summed E-state index contributed by atoms with van der Waals surface area (Å²) in [6, 6.07) is 29.5. The maximum absolute atomic E-state index is 6.61. The Morgan fingerprint density at radius 3 is 2.32 bits per heavy atom. The van der Waals surface area contributed by atoms with Crippen molar-refractivity contribution in [2.45, 2.75) is 43.5 Å². The largest absolute Gasteiger partial charge is 0.368 e. The van der Waals surface area contributed by atoms with Crippen LogP contribution in [0, 0.1) is 0 Å². The molecule has 0 N–H and O–H groups in total. The summed E-state index contributed by atoms with van der Waals surface area (Å²) >= 11 is 0. The van der Waals surface area contributed by atoms with Crippen LogP contribution < -0.4 is 0 Å². The number of benzene rings is 3. The number of hydrogen-bond acceptors (Lipinski definition) is 7. The highest BCUT2D eigenvalue weighted by molar-refractivity contribution is 5.57. The van der Waals surface area contributed by atoms with Crippen molar-refractivity contribution in [2.24, 2.45) is 0 Å². The van der Waals surface area contributed by atoms with E-state index in [1.807, 2.05) is 97.2 Å². The predicted octanol–water partition coefficient (Wildman–Crippen LogP) is 4.56. The molecule has 0 saturated carbocycles. The maximum Gasteiger partial charge on any atom is 0.184 e. The predicted molar refractivity (Wildman–Crippen MR) is 135 cm³/mol. The molecule has 0 unspecified atom stereocenters. The minimum atomic E-state index is -0.632. The number of aromatic nitrogens is 3. The van der Waals surface area contributed by atoms with Crippen LogP contribution >= 0.6 is 0 Å². The molecule has 0 bridgehead atoms. The van der Waals surface area contributed by atoms with Gasteiger partial charge in [0.05, 0.1) is 19.4 Å². The van der Waals surface area contributed by atoms with Gasteiger partial charge in [-0.3, -0.25) is 0 Å². The molecule has 2 fully saturated rings. The van der Waals surface area contributed by atoms with Gasteiger partial charge in [-0.1, -0.05) is 96.2 Å². The normalized spacial score (nSPS) is 27.5. The third-order valence-electron chi connectivity index (χ3n) is 6.78. The molecule has 0 aliphatic carbocycles. The van der Waals surface area contributed by atoms with E-state index in [1.165, 1.54) is 0 Å². The quantitative estimate of drug-likeness (QED) is 0.369. The van der Waals surface area contributed by atoms with Crippen LogP contribution in [0.1, 0.15) is 23.5 Å². The van der Waals surface area contributed by atoms with Gasteiger partial charge in [-0.15, -0.1) is 5.10 Å². The average Bonchev–Trinajstić information content (AvgIpc) is 3.46. The zero-order chi connectivity index (χ0) is 25.0. The lowest BCUT2D eigenvalue weighted by Crippen LogP contribution is -2.60. The second-order valence-corrected chi connectivity index (χ2v) is 9.16. The SMILES string of the molecule is CO[C@H]1O[C@@H]2CO[C@@H](c3ccccc3)O[C@H]2[C@@H](OCc2ccccc2)[C@@H]1n1cc(-c2ccccc2)nn1. The summed E-state index contributed by atoms with van der Waals surface area (Å²) in [6.07, 6.45) is -0.466. The molecule has 0 radical (unpaired) electrons. The van der Waals surface area contributed by atoms with Crippen molar-refractivity contribution in [2.75, 3.05) is 13.7 Å². The Balaban J connectivity index is 1.34. The first-order valence-electron chi connectivity index (χ1n) is 12.4. The summed E-state index contributed by atoms with van der Waals surface area (Å²) in [5.74, 6) is 0. The molecule has 37 heavy (non-hydrogen) atoms. The van der Waals surface area contributed by atoms with Gasteiger partial charge in [-0.05, 0) is 5.56 Å². The zero-order valence-corrected chi connectivity index (χ0v) is 20.5. The Hall–Kier alpha value is -3.40. The van der Waals surface area contributed by atoms with Crippen molar-refractivity contribution in [3.05, 3.63) is 108 Å². The third-order valence-corrected chi connectivity index (χ3v) is 6.78. The van der Waals surface area contributed by atoms with Crippen molar-refractivity contribution >= 4 is 0 Å². The Labute approximate surface area is 215 Å². The molecule has 0 amide bonds. The average molecular weight is 500 g/mol. The number of rotatable bonds is 7. The van der Waals surface area contributed by atoms with Crippen LogP contribution in [0.5, 0.6) is 0 Å². The van der Waals surface area contributed by atoms with E-state index in [9.17, 15) is 0 Å². The summed E-state index contributed by atoms with van der Waals surface area (Å²) < 4.78 is 33.1. The lowest BCUT2D eigenvalue weighted by Gasteiger charge is -2.48. The van der Waals surface area contributed by atoms with Crippen molar-refractivity contribution < 1.29 is 23.7 Å². The van der Waals surface area contributed by atoms with Crippen molar-refractivity contribution in [3.63, 3.8) is 0 Å². The number of hydrogen-bond donors (Lipinski definition) is 0. The molecule has 1 aromatic heterocycles. The van der Waals surface area contributed by atoms with E-state index in [-0.39, 0.29) is 6.10 Å². The summed E-state index contributed by atoms with van der Waals surface area (Å²) in [7, 11) is 1.62. The van der Waals surface area contributed by atoms with Crippen molar-refractivity contribution in [1.29, 1.82) is 0 Å². The van der Waals surface area contributed by atoms with Crippen LogP contribution in [0.25, 0.3) is 11.3 Å². The van der Waals surface area contributed by atoms with E-state index in [4.69, 9.17) is 23.7 Å². The molecule has 3 heterocycles. The van der Waals surface area contributed by atoms with E-state index in [0.717, 1.165) is 22.4 Å². The molecule has 4 aromatic rings. The van der Waals surface area contributed by atoms with E-state index >= 15 is 0 Å². The van der Waals surface area contributed by atoms with Gasteiger partial charge >= 0.3 is 0 Å². The van der Waals surface area contributed by atoms with Gasteiger partial charge in [0.15, 0.2) is 12.6 Å². The van der Waals surface area contributed by atoms with E-state index in [1.54, 1.807) is 11.8 Å². The monoisotopic (exact) mass is 499 g/mol. The number of methoxy groups -OCH3 is 1. The van der Waals surface area contributed by atoms with E-state index in [2.05, 4.69) is 10.3 Å². The van der Waals surface area contributed by atoms with Crippen LogP contribution in [0.2, 0.25) is 0 Å². The molecule has 6 rings (SSSR count). The minimum Gasteiger partial charge on any atom is -0.368 e.